The molecule has 0 saturated carbocycles. The Bertz CT molecular complexity index is 581. The normalized spacial score (nSPS) is 19.0. The van der Waals surface area contributed by atoms with Gasteiger partial charge in [0.2, 0.25) is 5.91 Å². The second-order valence-electron chi connectivity index (χ2n) is 7.37. The number of carbonyl (C=O) groups excluding carboxylic acids is 1. The quantitative estimate of drug-likeness (QED) is 0.734. The van der Waals surface area contributed by atoms with E-state index in [4.69, 9.17) is 0 Å². The van der Waals surface area contributed by atoms with Crippen molar-refractivity contribution in [1.82, 2.24) is 10.4 Å². The summed E-state index contributed by atoms with van der Waals surface area (Å²) in [7, 11) is 0. The molecule has 0 unspecified atom stereocenters. The molecular formula is C19H27F3N2O. The van der Waals surface area contributed by atoms with E-state index in [1.807, 2.05) is 12.1 Å². The monoisotopic (exact) mass is 356 g/mol. The van der Waals surface area contributed by atoms with Crippen LogP contribution in [0.3, 0.4) is 0 Å². The average molecular weight is 356 g/mol. The average Bonchev–Trinajstić information content (AvgIpc) is 2.78. The van der Waals surface area contributed by atoms with Crippen molar-refractivity contribution in [1.29, 1.82) is 0 Å². The molecule has 0 radical (unpaired) electrons. The lowest BCUT2D eigenvalue weighted by Gasteiger charge is -2.37. The zero-order chi connectivity index (χ0) is 18.7. The summed E-state index contributed by atoms with van der Waals surface area (Å²) in [6, 6.07) is 6.58. The molecule has 0 aliphatic carbocycles. The van der Waals surface area contributed by atoms with Crippen molar-refractivity contribution in [2.24, 2.45) is 0 Å². The number of rotatable bonds is 7. The number of hydrogen-bond acceptors (Lipinski definition) is 2. The third-order valence-electron chi connectivity index (χ3n) is 4.80. The van der Waals surface area contributed by atoms with Crippen LogP contribution in [0.5, 0.6) is 0 Å². The van der Waals surface area contributed by atoms with Crippen molar-refractivity contribution in [2.75, 3.05) is 0 Å². The number of hydrazine groups is 1. The van der Waals surface area contributed by atoms with Crippen molar-refractivity contribution in [2.45, 2.75) is 77.1 Å². The highest BCUT2D eigenvalue weighted by Crippen LogP contribution is 2.35. The molecule has 0 aromatic heterocycles. The van der Waals surface area contributed by atoms with Crippen molar-refractivity contribution in [3.63, 3.8) is 0 Å². The first kappa shape index (κ1) is 19.8. The van der Waals surface area contributed by atoms with Gasteiger partial charge in [0.1, 0.15) is 6.04 Å². The second-order valence-corrected chi connectivity index (χ2v) is 7.37. The van der Waals surface area contributed by atoms with Crippen LogP contribution >= 0.6 is 0 Å². The molecular weight excluding hydrogens is 329 g/mol. The molecule has 1 aromatic rings. The Labute approximate surface area is 147 Å². The van der Waals surface area contributed by atoms with Gasteiger partial charge in [0.05, 0.1) is 0 Å². The fourth-order valence-corrected chi connectivity index (χ4v) is 3.35. The summed E-state index contributed by atoms with van der Waals surface area (Å²) < 4.78 is 40.4. The van der Waals surface area contributed by atoms with Crippen molar-refractivity contribution in [3.05, 3.63) is 35.4 Å². The fourth-order valence-electron chi connectivity index (χ4n) is 3.35. The maximum absolute atomic E-state index is 13.5. The van der Waals surface area contributed by atoms with Crippen LogP contribution in [0.15, 0.2) is 24.3 Å². The van der Waals surface area contributed by atoms with E-state index in [9.17, 15) is 18.0 Å². The number of aryl methyl sites for hydroxylation is 2. The number of hydrogen-bond donors (Lipinski definition) is 1. The van der Waals surface area contributed by atoms with Gasteiger partial charge in [0.15, 0.2) is 0 Å². The van der Waals surface area contributed by atoms with Gasteiger partial charge in [-0.3, -0.25) is 10.2 Å². The van der Waals surface area contributed by atoms with E-state index in [-0.39, 0.29) is 18.7 Å². The Balaban J connectivity index is 1.91. The minimum atomic E-state index is -4.36. The largest absolute Gasteiger partial charge is 0.405 e. The molecule has 1 atom stereocenters. The first-order valence-electron chi connectivity index (χ1n) is 8.87. The molecule has 6 heteroatoms. The molecule has 140 valence electrons. The summed E-state index contributed by atoms with van der Waals surface area (Å²) in [6.07, 6.45) is -1.39. The van der Waals surface area contributed by atoms with E-state index in [1.54, 1.807) is 13.8 Å². The number of carbonyl (C=O) groups is 1. The summed E-state index contributed by atoms with van der Waals surface area (Å²) in [5, 5.41) is 1.10. The lowest BCUT2D eigenvalue weighted by molar-refractivity contribution is -0.202. The topological polar surface area (TPSA) is 32.3 Å². The number of nitrogens with zero attached hydrogens (tertiary/aromatic N) is 1. The van der Waals surface area contributed by atoms with Crippen molar-refractivity contribution >= 4 is 5.91 Å². The molecule has 25 heavy (non-hydrogen) atoms. The van der Waals surface area contributed by atoms with Gasteiger partial charge in [-0.2, -0.15) is 13.2 Å². The summed E-state index contributed by atoms with van der Waals surface area (Å²) >= 11 is 0. The van der Waals surface area contributed by atoms with E-state index in [0.717, 1.165) is 23.4 Å². The zero-order valence-electron chi connectivity index (χ0n) is 15.1. The molecule has 1 fully saturated rings. The minimum absolute atomic E-state index is 0.0136. The SMILES string of the molecule is CCc1ccc(CCCC[C@H](N2NC(=O)CC2(C)C)C(F)(F)F)cc1. The third-order valence-corrected chi connectivity index (χ3v) is 4.80. The molecule has 1 aromatic carbocycles. The maximum atomic E-state index is 13.5. The first-order valence-corrected chi connectivity index (χ1v) is 8.87. The standard InChI is InChI=1S/C19H27F3N2O/c1-4-14-9-11-15(12-10-14)7-5-6-8-16(19(20,21)22)24-18(2,3)13-17(25)23-24/h9-12,16H,4-8,13H2,1-3H3,(H,23,25)/t16-/m0/s1. The first-order chi connectivity index (χ1) is 11.6. The third kappa shape index (κ3) is 5.21. The van der Waals surface area contributed by atoms with Gasteiger partial charge in [-0.1, -0.05) is 37.6 Å². The minimum Gasteiger partial charge on any atom is -0.288 e. The number of unbranched alkanes of at least 4 members (excludes halogenated alkanes) is 1. The molecule has 0 spiro atoms. The lowest BCUT2D eigenvalue weighted by atomic mass is 9.97. The van der Waals surface area contributed by atoms with E-state index < -0.39 is 17.8 Å². The summed E-state index contributed by atoms with van der Waals surface area (Å²) in [4.78, 5) is 11.5. The van der Waals surface area contributed by atoms with Crippen LogP contribution < -0.4 is 5.43 Å². The molecule has 2 rings (SSSR count). The van der Waals surface area contributed by atoms with Crippen molar-refractivity contribution < 1.29 is 18.0 Å². The fraction of sp³-hybridized carbons (Fsp3) is 0.632. The van der Waals surface area contributed by atoms with E-state index >= 15 is 0 Å². The molecule has 3 nitrogen and oxygen atoms in total. The van der Waals surface area contributed by atoms with Crippen molar-refractivity contribution in [3.8, 4) is 0 Å². The molecule has 1 saturated heterocycles. The Morgan fingerprint density at radius 3 is 2.24 bits per heavy atom. The van der Waals surface area contributed by atoms with E-state index in [0.29, 0.717) is 12.8 Å². The van der Waals surface area contributed by atoms with E-state index in [2.05, 4.69) is 24.5 Å². The van der Waals surface area contributed by atoms with Gasteiger partial charge in [0.25, 0.3) is 0 Å². The van der Waals surface area contributed by atoms with Crippen LogP contribution in [-0.2, 0) is 17.6 Å². The van der Waals surface area contributed by atoms with Crippen LogP contribution in [-0.4, -0.2) is 28.7 Å². The second kappa shape index (κ2) is 7.77. The van der Waals surface area contributed by atoms with Crippen LogP contribution in [0.25, 0.3) is 0 Å². The van der Waals surface area contributed by atoms with Crippen LogP contribution in [0, 0.1) is 0 Å². The van der Waals surface area contributed by atoms with Crippen LogP contribution in [0.4, 0.5) is 13.2 Å². The Morgan fingerprint density at radius 1 is 1.16 bits per heavy atom. The Morgan fingerprint density at radius 2 is 1.76 bits per heavy atom. The van der Waals surface area contributed by atoms with Crippen LogP contribution in [0.2, 0.25) is 0 Å². The lowest BCUT2D eigenvalue weighted by Crippen LogP contribution is -2.56. The van der Waals surface area contributed by atoms with Crippen LogP contribution in [0.1, 0.15) is 57.6 Å². The van der Waals surface area contributed by atoms with Gasteiger partial charge in [0, 0.05) is 12.0 Å². The smallest absolute Gasteiger partial charge is 0.288 e. The highest BCUT2D eigenvalue weighted by Gasteiger charge is 2.51. The molecule has 1 aliphatic rings. The molecule has 0 bridgehead atoms. The van der Waals surface area contributed by atoms with Gasteiger partial charge < -0.3 is 0 Å². The number of alkyl halides is 3. The number of halogens is 3. The summed E-state index contributed by atoms with van der Waals surface area (Å²) in [5.74, 6) is -0.352. The molecule has 1 amide bonds. The number of nitrogens with one attached hydrogen (secondary N) is 1. The van der Waals surface area contributed by atoms with Gasteiger partial charge in [-0.15, -0.1) is 0 Å². The van der Waals surface area contributed by atoms with Gasteiger partial charge >= 0.3 is 6.18 Å². The van der Waals surface area contributed by atoms with Gasteiger partial charge in [-0.05, 0) is 50.7 Å². The highest BCUT2D eigenvalue weighted by atomic mass is 19.4. The van der Waals surface area contributed by atoms with E-state index in [1.165, 1.54) is 5.56 Å². The Hall–Kier alpha value is -1.56. The summed E-state index contributed by atoms with van der Waals surface area (Å²) in [5.41, 5.74) is 3.98. The highest BCUT2D eigenvalue weighted by molar-refractivity contribution is 5.78. The predicted molar refractivity (Wildman–Crippen MR) is 91.9 cm³/mol. The number of benzene rings is 1. The predicted octanol–water partition coefficient (Wildman–Crippen LogP) is 4.41. The number of amides is 1. The Kier molecular flexibility index (Phi) is 6.14. The molecule has 1 heterocycles. The zero-order valence-corrected chi connectivity index (χ0v) is 15.1. The maximum Gasteiger partial charge on any atom is 0.405 e. The molecule has 1 N–H and O–H groups in total. The van der Waals surface area contributed by atoms with Gasteiger partial charge in [-0.25, -0.2) is 5.01 Å². The summed E-state index contributed by atoms with van der Waals surface area (Å²) in [6.45, 7) is 5.42. The molecule has 1 aliphatic heterocycles.